The van der Waals surface area contributed by atoms with Gasteiger partial charge in [-0.25, -0.2) is 0 Å². The lowest BCUT2D eigenvalue weighted by molar-refractivity contribution is 0.140. The molecule has 0 aromatic heterocycles. The molecular formula is C11H22N2O. The Hall–Kier alpha value is -0.120. The van der Waals surface area contributed by atoms with E-state index in [0.717, 1.165) is 13.0 Å². The van der Waals surface area contributed by atoms with Crippen LogP contribution in [-0.2, 0) is 0 Å². The molecule has 4 N–H and O–H groups in total. The zero-order valence-corrected chi connectivity index (χ0v) is 8.78. The summed E-state index contributed by atoms with van der Waals surface area (Å²) in [5.74, 6) is 0.583. The number of rotatable bonds is 4. The average Bonchev–Trinajstić information content (AvgIpc) is 2.97. The highest BCUT2D eigenvalue weighted by Crippen LogP contribution is 2.32. The van der Waals surface area contributed by atoms with Crippen LogP contribution in [0.5, 0.6) is 0 Å². The third-order valence-corrected chi connectivity index (χ3v) is 3.50. The molecule has 0 saturated heterocycles. The second-order valence-electron chi connectivity index (χ2n) is 4.94. The second kappa shape index (κ2) is 4.60. The van der Waals surface area contributed by atoms with Gasteiger partial charge in [0.1, 0.15) is 0 Å². The fourth-order valence-corrected chi connectivity index (χ4v) is 2.35. The normalized spacial score (nSPS) is 35.6. The highest BCUT2D eigenvalue weighted by atomic mass is 16.3. The number of aliphatic hydroxyl groups excluding tert-OH is 1. The van der Waals surface area contributed by atoms with Crippen molar-refractivity contribution >= 4 is 0 Å². The van der Waals surface area contributed by atoms with Crippen molar-refractivity contribution < 1.29 is 5.11 Å². The fraction of sp³-hybridized carbons (Fsp3) is 1.00. The smallest absolute Gasteiger partial charge is 0.0692 e. The van der Waals surface area contributed by atoms with Crippen molar-refractivity contribution in [3.05, 3.63) is 0 Å². The molecule has 0 bridgehead atoms. The van der Waals surface area contributed by atoms with Gasteiger partial charge >= 0.3 is 0 Å². The van der Waals surface area contributed by atoms with Crippen LogP contribution in [0.1, 0.15) is 38.5 Å². The van der Waals surface area contributed by atoms with Crippen molar-refractivity contribution in [1.82, 2.24) is 5.32 Å². The summed E-state index contributed by atoms with van der Waals surface area (Å²) >= 11 is 0. The number of aliphatic hydroxyl groups is 1. The maximum atomic E-state index is 9.69. The predicted octanol–water partition coefficient (Wildman–Crippen LogP) is 0.617. The summed E-state index contributed by atoms with van der Waals surface area (Å²) in [6, 6.07) is 0.923. The lowest BCUT2D eigenvalue weighted by Crippen LogP contribution is -2.42. The van der Waals surface area contributed by atoms with Crippen LogP contribution in [0.2, 0.25) is 0 Å². The van der Waals surface area contributed by atoms with Crippen LogP contribution in [0.4, 0.5) is 0 Å². The first-order chi connectivity index (χ1) is 6.75. The molecule has 14 heavy (non-hydrogen) atoms. The summed E-state index contributed by atoms with van der Waals surface area (Å²) in [4.78, 5) is 0. The summed E-state index contributed by atoms with van der Waals surface area (Å²) in [7, 11) is 0. The van der Waals surface area contributed by atoms with Gasteiger partial charge in [-0.1, -0.05) is 6.42 Å². The number of nitrogens with two attached hydrogens (primary N) is 1. The molecule has 0 amide bonds. The number of hydrogen-bond acceptors (Lipinski definition) is 3. The van der Waals surface area contributed by atoms with E-state index in [1.165, 1.54) is 32.1 Å². The van der Waals surface area contributed by atoms with E-state index < -0.39 is 0 Å². The monoisotopic (exact) mass is 198 g/mol. The van der Waals surface area contributed by atoms with Crippen LogP contribution in [0.25, 0.3) is 0 Å². The van der Waals surface area contributed by atoms with Crippen LogP contribution in [0.3, 0.4) is 0 Å². The van der Waals surface area contributed by atoms with Crippen LogP contribution in [0, 0.1) is 5.92 Å². The van der Waals surface area contributed by atoms with Gasteiger partial charge in [-0.15, -0.1) is 0 Å². The maximum absolute atomic E-state index is 9.69. The molecule has 0 aliphatic heterocycles. The molecule has 0 radical (unpaired) electrons. The summed E-state index contributed by atoms with van der Waals surface area (Å²) in [6.07, 6.45) is 7.03. The topological polar surface area (TPSA) is 58.3 Å². The molecular weight excluding hydrogens is 176 g/mol. The maximum Gasteiger partial charge on any atom is 0.0692 e. The lowest BCUT2D eigenvalue weighted by atomic mass is 9.91. The van der Waals surface area contributed by atoms with Crippen LogP contribution in [0.15, 0.2) is 0 Å². The van der Waals surface area contributed by atoms with Gasteiger partial charge in [0, 0.05) is 18.6 Å². The first kappa shape index (κ1) is 10.4. The molecule has 2 saturated carbocycles. The summed E-state index contributed by atoms with van der Waals surface area (Å²) < 4.78 is 0. The van der Waals surface area contributed by atoms with Crippen molar-refractivity contribution in [2.45, 2.75) is 56.7 Å². The van der Waals surface area contributed by atoms with E-state index in [1.54, 1.807) is 0 Å². The Kier molecular flexibility index (Phi) is 3.42. The van der Waals surface area contributed by atoms with E-state index in [9.17, 15) is 5.11 Å². The highest BCUT2D eigenvalue weighted by molar-refractivity contribution is 4.85. The average molecular weight is 198 g/mol. The van der Waals surface area contributed by atoms with E-state index in [-0.39, 0.29) is 6.10 Å². The molecule has 3 unspecified atom stereocenters. The van der Waals surface area contributed by atoms with E-state index in [2.05, 4.69) is 5.32 Å². The molecule has 2 aliphatic rings. The van der Waals surface area contributed by atoms with Crippen molar-refractivity contribution in [3.8, 4) is 0 Å². The molecule has 3 atom stereocenters. The number of hydrogen-bond donors (Lipinski definition) is 3. The van der Waals surface area contributed by atoms with Crippen molar-refractivity contribution in [1.29, 1.82) is 0 Å². The third kappa shape index (κ3) is 2.94. The van der Waals surface area contributed by atoms with Gasteiger partial charge in [-0.2, -0.15) is 0 Å². The zero-order chi connectivity index (χ0) is 9.97. The van der Waals surface area contributed by atoms with Gasteiger partial charge in [0.15, 0.2) is 0 Å². The van der Waals surface area contributed by atoms with Crippen LogP contribution in [-0.4, -0.2) is 29.8 Å². The highest BCUT2D eigenvalue weighted by Gasteiger charge is 2.30. The van der Waals surface area contributed by atoms with Crippen molar-refractivity contribution in [3.63, 3.8) is 0 Å². The van der Waals surface area contributed by atoms with Crippen LogP contribution < -0.4 is 11.1 Å². The van der Waals surface area contributed by atoms with Crippen molar-refractivity contribution in [2.24, 2.45) is 11.7 Å². The molecule has 3 heteroatoms. The molecule has 2 rings (SSSR count). The van der Waals surface area contributed by atoms with Crippen molar-refractivity contribution in [2.75, 3.05) is 6.54 Å². The van der Waals surface area contributed by atoms with Gasteiger partial charge in [-0.3, -0.25) is 0 Å². The van der Waals surface area contributed by atoms with Crippen LogP contribution >= 0.6 is 0 Å². The first-order valence-electron chi connectivity index (χ1n) is 5.92. The Labute approximate surface area is 86.1 Å². The number of nitrogens with one attached hydrogen (secondary N) is 1. The molecule has 82 valence electrons. The Bertz CT molecular complexity index is 182. The zero-order valence-electron chi connectivity index (χ0n) is 8.78. The molecule has 0 heterocycles. The first-order valence-corrected chi connectivity index (χ1v) is 5.92. The van der Waals surface area contributed by atoms with E-state index >= 15 is 0 Å². The second-order valence-corrected chi connectivity index (χ2v) is 4.94. The third-order valence-electron chi connectivity index (χ3n) is 3.50. The van der Waals surface area contributed by atoms with Gasteiger partial charge < -0.3 is 16.2 Å². The minimum Gasteiger partial charge on any atom is -0.392 e. The Morgan fingerprint density at radius 3 is 2.71 bits per heavy atom. The molecule has 3 nitrogen and oxygen atoms in total. The largest absolute Gasteiger partial charge is 0.392 e. The van der Waals surface area contributed by atoms with Gasteiger partial charge in [0.05, 0.1) is 6.10 Å². The predicted molar refractivity (Wildman–Crippen MR) is 57.0 cm³/mol. The van der Waals surface area contributed by atoms with E-state index in [1.807, 2.05) is 0 Å². The van der Waals surface area contributed by atoms with E-state index in [4.69, 9.17) is 5.73 Å². The Balaban J connectivity index is 1.63. The minimum atomic E-state index is -0.117. The summed E-state index contributed by atoms with van der Waals surface area (Å²) in [6.45, 7) is 0.766. The fourth-order valence-electron chi connectivity index (χ4n) is 2.35. The molecule has 0 aromatic rings. The Morgan fingerprint density at radius 2 is 2.07 bits per heavy atom. The Morgan fingerprint density at radius 1 is 1.29 bits per heavy atom. The van der Waals surface area contributed by atoms with Gasteiger partial charge in [-0.05, 0) is 38.0 Å². The lowest BCUT2D eigenvalue weighted by Gasteiger charge is -2.28. The molecule has 2 aliphatic carbocycles. The molecule has 2 fully saturated rings. The molecule has 0 spiro atoms. The summed E-state index contributed by atoms with van der Waals surface area (Å²) in [5.41, 5.74) is 5.90. The molecule has 0 aromatic carbocycles. The van der Waals surface area contributed by atoms with E-state index in [0.29, 0.717) is 18.0 Å². The standard InChI is InChI=1S/C11H22N2O/c12-9-2-1-3-10(6-9)13-7-11(14)8-4-5-8/h8-11,13-14H,1-7,12H2. The summed E-state index contributed by atoms with van der Waals surface area (Å²) in [5, 5.41) is 13.1. The minimum absolute atomic E-state index is 0.117. The van der Waals surface area contributed by atoms with Gasteiger partial charge in [0.25, 0.3) is 0 Å². The van der Waals surface area contributed by atoms with Gasteiger partial charge in [0.2, 0.25) is 0 Å². The SMILES string of the molecule is NC1CCCC(NCC(O)C2CC2)C1. The quantitative estimate of drug-likeness (QED) is 0.620.